The lowest BCUT2D eigenvalue weighted by molar-refractivity contribution is -0.130. The van der Waals surface area contributed by atoms with Crippen LogP contribution in [0.15, 0.2) is 24.3 Å². The first-order valence-corrected chi connectivity index (χ1v) is 6.81. The molecular weight excluding hydrogens is 242 g/mol. The van der Waals surface area contributed by atoms with Gasteiger partial charge in [0.15, 0.2) is 0 Å². The molecule has 1 heterocycles. The molecule has 0 spiro atoms. The van der Waals surface area contributed by atoms with Crippen LogP contribution in [0.1, 0.15) is 24.3 Å². The highest BCUT2D eigenvalue weighted by Crippen LogP contribution is 2.38. The Morgan fingerprint density at radius 2 is 2.44 bits per heavy atom. The van der Waals surface area contributed by atoms with Gasteiger partial charge in [-0.2, -0.15) is 0 Å². The smallest absolute Gasteiger partial charge is 0.223 e. The quantitative estimate of drug-likeness (QED) is 0.808. The van der Waals surface area contributed by atoms with Gasteiger partial charge in [0.1, 0.15) is 5.37 Å². The van der Waals surface area contributed by atoms with E-state index in [1.54, 1.807) is 11.8 Å². The maximum absolute atomic E-state index is 11.8. The average molecular weight is 256 g/mol. The van der Waals surface area contributed by atoms with Crippen molar-refractivity contribution in [1.29, 1.82) is 0 Å². The van der Waals surface area contributed by atoms with Gasteiger partial charge >= 0.3 is 0 Å². The van der Waals surface area contributed by atoms with E-state index in [1.165, 1.54) is 0 Å². The molecule has 2 rings (SSSR count). The third-order valence-corrected chi connectivity index (χ3v) is 4.14. The van der Waals surface area contributed by atoms with Gasteiger partial charge in [-0.1, -0.05) is 30.7 Å². The summed E-state index contributed by atoms with van der Waals surface area (Å²) in [5.41, 5.74) is 1.12. The largest absolute Gasteiger partial charge is 0.326 e. The molecule has 16 heavy (non-hydrogen) atoms. The van der Waals surface area contributed by atoms with Crippen molar-refractivity contribution in [2.75, 3.05) is 12.3 Å². The normalized spacial score (nSPS) is 20.1. The molecule has 0 bridgehead atoms. The molecule has 1 saturated heterocycles. The minimum atomic E-state index is 0.145. The Labute approximate surface area is 105 Å². The summed E-state index contributed by atoms with van der Waals surface area (Å²) in [6, 6.07) is 7.77. The number of thioether (sulfide) groups is 1. The molecule has 0 aliphatic carbocycles. The van der Waals surface area contributed by atoms with Gasteiger partial charge in [0.05, 0.1) is 0 Å². The zero-order valence-corrected chi connectivity index (χ0v) is 10.7. The fourth-order valence-corrected chi connectivity index (χ4v) is 3.33. The first-order valence-electron chi connectivity index (χ1n) is 5.39. The maximum Gasteiger partial charge on any atom is 0.223 e. The van der Waals surface area contributed by atoms with Crippen LogP contribution in [0, 0.1) is 0 Å². The number of halogens is 1. The van der Waals surface area contributed by atoms with Crippen molar-refractivity contribution in [1.82, 2.24) is 4.90 Å². The van der Waals surface area contributed by atoms with Crippen molar-refractivity contribution in [3.8, 4) is 0 Å². The molecule has 0 unspecified atom stereocenters. The summed E-state index contributed by atoms with van der Waals surface area (Å²) in [5, 5.41) is 0.875. The SMILES string of the molecule is CCC(=O)N1CCS[C@@H]1c1cccc(Cl)c1. The Morgan fingerprint density at radius 3 is 3.12 bits per heavy atom. The standard InChI is InChI=1S/C12H14ClNOS/c1-2-11(15)14-6-7-16-12(14)9-4-3-5-10(13)8-9/h3-5,8,12H,2,6-7H2,1H3/t12-/m1/s1. The maximum atomic E-state index is 11.8. The highest BCUT2D eigenvalue weighted by Gasteiger charge is 2.29. The second kappa shape index (κ2) is 5.11. The Balaban J connectivity index is 2.23. The molecule has 4 heteroatoms. The molecule has 1 aliphatic heterocycles. The molecule has 0 N–H and O–H groups in total. The van der Waals surface area contributed by atoms with Gasteiger partial charge < -0.3 is 4.90 Å². The van der Waals surface area contributed by atoms with E-state index in [1.807, 2.05) is 36.1 Å². The molecule has 1 aliphatic rings. The van der Waals surface area contributed by atoms with Gasteiger partial charge in [-0.3, -0.25) is 4.79 Å². The van der Waals surface area contributed by atoms with Crippen molar-refractivity contribution in [2.24, 2.45) is 0 Å². The van der Waals surface area contributed by atoms with Gasteiger partial charge in [0.25, 0.3) is 0 Å². The number of carbonyl (C=O) groups is 1. The van der Waals surface area contributed by atoms with Crippen molar-refractivity contribution in [2.45, 2.75) is 18.7 Å². The second-order valence-electron chi connectivity index (χ2n) is 3.72. The highest BCUT2D eigenvalue weighted by molar-refractivity contribution is 7.99. The number of benzene rings is 1. The van der Waals surface area contributed by atoms with Crippen LogP contribution >= 0.6 is 23.4 Å². The van der Waals surface area contributed by atoms with Gasteiger partial charge in [-0.15, -0.1) is 11.8 Å². The summed E-state index contributed by atoms with van der Waals surface area (Å²) in [5.74, 6) is 1.22. The molecular formula is C12H14ClNOS. The van der Waals surface area contributed by atoms with Crippen LogP contribution in [-0.4, -0.2) is 23.1 Å². The van der Waals surface area contributed by atoms with E-state index in [2.05, 4.69) is 0 Å². The predicted molar refractivity (Wildman–Crippen MR) is 68.7 cm³/mol. The van der Waals surface area contributed by atoms with Crippen LogP contribution < -0.4 is 0 Å². The summed E-state index contributed by atoms with van der Waals surface area (Å²) >= 11 is 7.77. The fourth-order valence-electron chi connectivity index (χ4n) is 1.86. The van der Waals surface area contributed by atoms with Crippen LogP contribution in [-0.2, 0) is 4.79 Å². The predicted octanol–water partition coefficient (Wildman–Crippen LogP) is 3.32. The van der Waals surface area contributed by atoms with Crippen LogP contribution in [0.25, 0.3) is 0 Å². The lowest BCUT2D eigenvalue weighted by Gasteiger charge is -2.23. The number of hydrogen-bond donors (Lipinski definition) is 0. The second-order valence-corrected chi connectivity index (χ2v) is 5.34. The van der Waals surface area contributed by atoms with Gasteiger partial charge in [-0.25, -0.2) is 0 Å². The van der Waals surface area contributed by atoms with Crippen molar-refractivity contribution in [3.05, 3.63) is 34.9 Å². The molecule has 0 aromatic heterocycles. The Morgan fingerprint density at radius 1 is 1.62 bits per heavy atom. The Kier molecular flexibility index (Phi) is 3.77. The molecule has 0 radical (unpaired) electrons. The minimum Gasteiger partial charge on any atom is -0.326 e. The monoisotopic (exact) mass is 255 g/mol. The summed E-state index contributed by atoms with van der Waals surface area (Å²) < 4.78 is 0. The Hall–Kier alpha value is -0.670. The lowest BCUT2D eigenvalue weighted by atomic mass is 10.2. The average Bonchev–Trinajstić information content (AvgIpc) is 2.77. The lowest BCUT2D eigenvalue weighted by Crippen LogP contribution is -2.29. The topological polar surface area (TPSA) is 20.3 Å². The van der Waals surface area contributed by atoms with Crippen molar-refractivity contribution >= 4 is 29.3 Å². The van der Waals surface area contributed by atoms with Crippen LogP contribution in [0.5, 0.6) is 0 Å². The van der Waals surface area contributed by atoms with Crippen molar-refractivity contribution in [3.63, 3.8) is 0 Å². The van der Waals surface area contributed by atoms with Crippen LogP contribution in [0.4, 0.5) is 0 Å². The zero-order chi connectivity index (χ0) is 11.5. The summed E-state index contributed by atoms with van der Waals surface area (Å²) in [6.45, 7) is 2.74. The number of hydrogen-bond acceptors (Lipinski definition) is 2. The molecule has 1 fully saturated rings. The van der Waals surface area contributed by atoms with Crippen LogP contribution in [0.2, 0.25) is 5.02 Å². The number of amides is 1. The molecule has 1 amide bonds. The number of carbonyl (C=O) groups excluding carboxylic acids is 1. The first kappa shape index (κ1) is 11.8. The fraction of sp³-hybridized carbons (Fsp3) is 0.417. The Bertz CT molecular complexity index is 396. The van der Waals surface area contributed by atoms with E-state index in [-0.39, 0.29) is 11.3 Å². The summed E-state index contributed by atoms with van der Waals surface area (Å²) in [7, 11) is 0. The minimum absolute atomic E-state index is 0.145. The third kappa shape index (κ3) is 2.36. The van der Waals surface area contributed by atoms with Crippen molar-refractivity contribution < 1.29 is 4.79 Å². The van der Waals surface area contributed by atoms with Gasteiger partial charge in [-0.05, 0) is 17.7 Å². The van der Waals surface area contributed by atoms with Gasteiger partial charge in [0.2, 0.25) is 5.91 Å². The summed E-state index contributed by atoms with van der Waals surface area (Å²) in [6.07, 6.45) is 0.567. The molecule has 1 aromatic carbocycles. The first-order chi connectivity index (χ1) is 7.72. The van der Waals surface area contributed by atoms with E-state index in [0.717, 1.165) is 22.9 Å². The van der Waals surface area contributed by atoms with E-state index < -0.39 is 0 Å². The van der Waals surface area contributed by atoms with Gasteiger partial charge in [0, 0.05) is 23.7 Å². The molecule has 2 nitrogen and oxygen atoms in total. The highest BCUT2D eigenvalue weighted by atomic mass is 35.5. The number of rotatable bonds is 2. The van der Waals surface area contributed by atoms with E-state index in [0.29, 0.717) is 6.42 Å². The van der Waals surface area contributed by atoms with E-state index >= 15 is 0 Å². The molecule has 0 saturated carbocycles. The summed E-state index contributed by atoms with van der Waals surface area (Å²) in [4.78, 5) is 13.7. The van der Waals surface area contributed by atoms with E-state index in [4.69, 9.17) is 11.6 Å². The zero-order valence-electron chi connectivity index (χ0n) is 9.15. The molecule has 86 valence electrons. The van der Waals surface area contributed by atoms with Crippen LogP contribution in [0.3, 0.4) is 0 Å². The van der Waals surface area contributed by atoms with E-state index in [9.17, 15) is 4.79 Å². The number of nitrogens with zero attached hydrogens (tertiary/aromatic N) is 1. The third-order valence-electron chi connectivity index (χ3n) is 2.65. The molecule has 1 aromatic rings. The molecule has 1 atom stereocenters.